The predicted octanol–water partition coefficient (Wildman–Crippen LogP) is 1.67. The number of likely N-dealkylation sites (tertiary alicyclic amines) is 1. The van der Waals surface area contributed by atoms with Crippen LogP contribution in [0.4, 0.5) is 4.39 Å². The number of nitrogens with zero attached hydrogens (tertiary/aromatic N) is 2. The number of benzene rings is 1. The first kappa shape index (κ1) is 14.8. The van der Waals surface area contributed by atoms with Crippen molar-refractivity contribution in [1.29, 1.82) is 0 Å². The molecule has 2 saturated heterocycles. The van der Waals surface area contributed by atoms with Gasteiger partial charge in [-0.1, -0.05) is 12.1 Å². The van der Waals surface area contributed by atoms with E-state index in [1.165, 1.54) is 6.07 Å². The molecule has 23 heavy (non-hydrogen) atoms. The normalized spacial score (nSPS) is 31.2. The molecule has 5 nitrogen and oxygen atoms in total. The molecule has 2 N–H and O–H groups in total. The van der Waals surface area contributed by atoms with Crippen LogP contribution in [-0.2, 0) is 11.3 Å². The summed E-state index contributed by atoms with van der Waals surface area (Å²) in [7, 11) is 0. The Kier molecular flexibility index (Phi) is 3.67. The smallest absolute Gasteiger partial charge is 0.123 e. The maximum Gasteiger partial charge on any atom is 0.123 e. The van der Waals surface area contributed by atoms with Crippen LogP contribution in [0, 0.1) is 5.82 Å². The van der Waals surface area contributed by atoms with Crippen molar-refractivity contribution in [2.75, 3.05) is 19.7 Å². The first-order chi connectivity index (χ1) is 11.1. The van der Waals surface area contributed by atoms with E-state index >= 15 is 0 Å². The van der Waals surface area contributed by atoms with Gasteiger partial charge in [-0.3, -0.25) is 10.00 Å². The van der Waals surface area contributed by atoms with E-state index in [2.05, 4.69) is 15.1 Å². The summed E-state index contributed by atoms with van der Waals surface area (Å²) >= 11 is 0. The standard InChI is InChI=1S/C17H20FN3O2/c18-14-3-1-2-12(6-14)13-7-17(23-10-13)11-21(9-16(17)22)8-15-4-5-19-20-15/h1-6,13,16,22H,7-11H2,(H,19,20)/t13-,16-,17-/m1/s1. The van der Waals surface area contributed by atoms with Crippen molar-refractivity contribution >= 4 is 0 Å². The van der Waals surface area contributed by atoms with E-state index in [4.69, 9.17) is 4.74 Å². The van der Waals surface area contributed by atoms with Crippen LogP contribution < -0.4 is 0 Å². The van der Waals surface area contributed by atoms with Crippen LogP contribution in [0.25, 0.3) is 0 Å². The summed E-state index contributed by atoms with van der Waals surface area (Å²) in [4.78, 5) is 2.17. The highest BCUT2D eigenvalue weighted by molar-refractivity contribution is 5.24. The molecule has 1 aromatic carbocycles. The van der Waals surface area contributed by atoms with Gasteiger partial charge in [-0.05, 0) is 30.2 Å². The van der Waals surface area contributed by atoms with E-state index in [0.29, 0.717) is 26.2 Å². The molecule has 0 amide bonds. The van der Waals surface area contributed by atoms with E-state index in [0.717, 1.165) is 17.7 Å². The molecule has 0 unspecified atom stereocenters. The molecule has 122 valence electrons. The van der Waals surface area contributed by atoms with Crippen LogP contribution in [0.5, 0.6) is 0 Å². The lowest BCUT2D eigenvalue weighted by Gasteiger charge is -2.26. The average molecular weight is 317 g/mol. The Balaban J connectivity index is 1.47. The molecule has 0 radical (unpaired) electrons. The zero-order chi connectivity index (χ0) is 15.9. The SMILES string of the molecule is O[C@@H]1CN(Cc2ccn[nH]2)C[C@]12C[C@@H](c1cccc(F)c1)CO2. The minimum absolute atomic E-state index is 0.132. The average Bonchev–Trinajstić information content (AvgIpc) is 3.23. The van der Waals surface area contributed by atoms with Gasteiger partial charge in [-0.15, -0.1) is 0 Å². The molecule has 0 bridgehead atoms. The van der Waals surface area contributed by atoms with E-state index in [9.17, 15) is 9.50 Å². The molecular formula is C17H20FN3O2. The van der Waals surface area contributed by atoms with Gasteiger partial charge in [0.15, 0.2) is 0 Å². The second kappa shape index (κ2) is 5.70. The highest BCUT2D eigenvalue weighted by Crippen LogP contribution is 2.42. The monoisotopic (exact) mass is 317 g/mol. The van der Waals surface area contributed by atoms with Gasteiger partial charge in [0.2, 0.25) is 0 Å². The summed E-state index contributed by atoms with van der Waals surface area (Å²) in [5, 5.41) is 17.4. The van der Waals surface area contributed by atoms with Crippen molar-refractivity contribution in [3.05, 3.63) is 53.6 Å². The molecule has 2 aromatic rings. The zero-order valence-electron chi connectivity index (χ0n) is 12.8. The van der Waals surface area contributed by atoms with E-state index in [1.54, 1.807) is 18.3 Å². The van der Waals surface area contributed by atoms with Gasteiger partial charge in [0, 0.05) is 37.4 Å². The highest BCUT2D eigenvalue weighted by atomic mass is 19.1. The van der Waals surface area contributed by atoms with Crippen molar-refractivity contribution < 1.29 is 14.2 Å². The molecule has 0 saturated carbocycles. The third kappa shape index (κ3) is 2.78. The number of nitrogens with one attached hydrogen (secondary N) is 1. The fourth-order valence-corrected chi connectivity index (χ4v) is 3.81. The molecule has 3 heterocycles. The van der Waals surface area contributed by atoms with Crippen molar-refractivity contribution in [2.24, 2.45) is 0 Å². The number of halogens is 1. The lowest BCUT2D eigenvalue weighted by molar-refractivity contribution is -0.0594. The van der Waals surface area contributed by atoms with Crippen molar-refractivity contribution in [3.8, 4) is 0 Å². The number of aliphatic hydroxyl groups is 1. The number of aromatic amines is 1. The maximum absolute atomic E-state index is 13.4. The van der Waals surface area contributed by atoms with Gasteiger partial charge < -0.3 is 9.84 Å². The maximum atomic E-state index is 13.4. The molecule has 2 aliphatic rings. The topological polar surface area (TPSA) is 61.4 Å². The number of hydrogen-bond donors (Lipinski definition) is 2. The van der Waals surface area contributed by atoms with Crippen LogP contribution in [0.3, 0.4) is 0 Å². The minimum Gasteiger partial charge on any atom is -0.389 e. The molecule has 1 aromatic heterocycles. The lowest BCUT2D eigenvalue weighted by atomic mass is 9.87. The summed E-state index contributed by atoms with van der Waals surface area (Å²) in [6, 6.07) is 8.61. The van der Waals surface area contributed by atoms with Crippen LogP contribution >= 0.6 is 0 Å². The molecule has 0 aliphatic carbocycles. The number of ether oxygens (including phenoxy) is 1. The van der Waals surface area contributed by atoms with Gasteiger partial charge in [0.05, 0.1) is 12.7 Å². The van der Waals surface area contributed by atoms with E-state index < -0.39 is 11.7 Å². The predicted molar refractivity (Wildman–Crippen MR) is 82.3 cm³/mol. The third-order valence-electron chi connectivity index (χ3n) is 4.97. The molecule has 2 fully saturated rings. The van der Waals surface area contributed by atoms with Gasteiger partial charge >= 0.3 is 0 Å². The molecule has 2 aliphatic heterocycles. The van der Waals surface area contributed by atoms with Gasteiger partial charge in [-0.25, -0.2) is 4.39 Å². The Labute approximate surface area is 134 Å². The largest absolute Gasteiger partial charge is 0.389 e. The minimum atomic E-state index is -0.545. The Morgan fingerprint density at radius 1 is 1.43 bits per heavy atom. The van der Waals surface area contributed by atoms with Crippen LogP contribution in [0.1, 0.15) is 23.6 Å². The van der Waals surface area contributed by atoms with Crippen LogP contribution in [0.15, 0.2) is 36.5 Å². The summed E-state index contributed by atoms with van der Waals surface area (Å²) < 4.78 is 19.5. The summed E-state index contributed by atoms with van der Waals surface area (Å²) in [6.45, 7) is 2.50. The Hall–Kier alpha value is -1.76. The summed E-state index contributed by atoms with van der Waals surface area (Å²) in [5.74, 6) is -0.0938. The fraction of sp³-hybridized carbons (Fsp3) is 0.471. The van der Waals surface area contributed by atoms with Crippen molar-refractivity contribution in [2.45, 2.75) is 30.6 Å². The van der Waals surface area contributed by atoms with Gasteiger partial charge in [-0.2, -0.15) is 5.10 Å². The number of hydrogen-bond acceptors (Lipinski definition) is 4. The van der Waals surface area contributed by atoms with Crippen molar-refractivity contribution in [3.63, 3.8) is 0 Å². The summed E-state index contributed by atoms with van der Waals surface area (Å²) in [5.41, 5.74) is 1.42. The second-order valence-corrected chi connectivity index (χ2v) is 6.60. The van der Waals surface area contributed by atoms with Crippen LogP contribution in [-0.4, -0.2) is 51.6 Å². The van der Waals surface area contributed by atoms with Gasteiger partial charge in [0.1, 0.15) is 11.4 Å². The Morgan fingerprint density at radius 2 is 2.35 bits per heavy atom. The van der Waals surface area contributed by atoms with E-state index in [1.807, 2.05) is 12.1 Å². The number of aliphatic hydroxyl groups excluding tert-OH is 1. The molecule has 3 atom stereocenters. The Bertz CT molecular complexity index is 678. The number of H-pyrrole nitrogens is 1. The fourth-order valence-electron chi connectivity index (χ4n) is 3.81. The Morgan fingerprint density at radius 3 is 3.13 bits per heavy atom. The quantitative estimate of drug-likeness (QED) is 0.904. The van der Waals surface area contributed by atoms with Gasteiger partial charge in [0.25, 0.3) is 0 Å². The first-order valence-electron chi connectivity index (χ1n) is 7.93. The number of aromatic nitrogens is 2. The molecule has 1 spiro atoms. The highest BCUT2D eigenvalue weighted by Gasteiger charge is 2.52. The van der Waals surface area contributed by atoms with E-state index in [-0.39, 0.29) is 11.7 Å². The number of rotatable bonds is 3. The third-order valence-corrected chi connectivity index (χ3v) is 4.97. The molecule has 6 heteroatoms. The summed E-state index contributed by atoms with van der Waals surface area (Å²) in [6.07, 6.45) is 1.92. The zero-order valence-corrected chi connectivity index (χ0v) is 12.8. The molecular weight excluding hydrogens is 297 g/mol. The second-order valence-electron chi connectivity index (χ2n) is 6.60. The molecule has 4 rings (SSSR count). The van der Waals surface area contributed by atoms with Crippen LogP contribution in [0.2, 0.25) is 0 Å². The van der Waals surface area contributed by atoms with Crippen molar-refractivity contribution in [1.82, 2.24) is 15.1 Å². The lowest BCUT2D eigenvalue weighted by Crippen LogP contribution is -2.41. The first-order valence-corrected chi connectivity index (χ1v) is 7.93. The number of β-amino-alcohol motifs (C(OH)–C–C–N with tert-alkyl or cyclic N) is 1.